The molecule has 0 amide bonds. The zero-order chi connectivity index (χ0) is 60.3. The van der Waals surface area contributed by atoms with Crippen molar-refractivity contribution in [3.05, 3.63) is 0 Å². The van der Waals surface area contributed by atoms with Gasteiger partial charge in [0, 0.05) is 12.8 Å². The number of hydrogen-bond donors (Lipinski definition) is 11. The maximum absolute atomic E-state index is 14.2. The van der Waals surface area contributed by atoms with Crippen LogP contribution in [0.4, 0.5) is 0 Å². The molecule has 25 heteroatoms. The molecule has 6 aliphatic heterocycles. The van der Waals surface area contributed by atoms with E-state index in [1.165, 1.54) is 20.8 Å². The van der Waals surface area contributed by atoms with Crippen molar-refractivity contribution in [2.75, 3.05) is 13.2 Å². The van der Waals surface area contributed by atoms with Crippen LogP contribution < -0.4 is 0 Å². The van der Waals surface area contributed by atoms with E-state index in [0.29, 0.717) is 32.1 Å². The van der Waals surface area contributed by atoms with Crippen molar-refractivity contribution in [2.24, 2.45) is 0 Å². The molecule has 484 valence electrons. The highest BCUT2D eigenvalue weighted by Gasteiger charge is 2.58. The van der Waals surface area contributed by atoms with Crippen LogP contribution in [-0.4, -0.2) is 241 Å². The van der Waals surface area contributed by atoms with E-state index >= 15 is 0 Å². The summed E-state index contributed by atoms with van der Waals surface area (Å²) in [5.41, 5.74) is 0. The van der Waals surface area contributed by atoms with Gasteiger partial charge in [0.2, 0.25) is 0 Å². The normalized spacial score (nSPS) is 42.8. The number of ether oxygens (including phenoxy) is 12. The summed E-state index contributed by atoms with van der Waals surface area (Å²) in [4.78, 5) is 28.0. The number of unbranched alkanes of at least 4 members (excludes halogenated alkanes) is 10. The first-order valence-electron chi connectivity index (χ1n) is 31.1. The Kier molecular flexibility index (Phi) is 29.9. The summed E-state index contributed by atoms with van der Waals surface area (Å²) in [7, 11) is 0. The first-order valence-corrected chi connectivity index (χ1v) is 31.1. The number of carbonyl (C=O) groups is 2. The molecule has 0 aromatic heterocycles. The molecule has 25 nitrogen and oxygen atoms in total. The van der Waals surface area contributed by atoms with E-state index in [1.54, 1.807) is 0 Å². The third-order valence-electron chi connectivity index (χ3n) is 17.0. The van der Waals surface area contributed by atoms with Crippen molar-refractivity contribution in [3.8, 4) is 0 Å². The van der Waals surface area contributed by atoms with Crippen LogP contribution in [0.3, 0.4) is 0 Å². The second-order valence-corrected chi connectivity index (χ2v) is 23.7. The fourth-order valence-corrected chi connectivity index (χ4v) is 11.8. The predicted octanol–water partition coefficient (Wildman–Crippen LogP) is 1.68. The molecular formula is C58H102O25. The van der Waals surface area contributed by atoms with Crippen molar-refractivity contribution in [1.29, 1.82) is 0 Å². The van der Waals surface area contributed by atoms with Gasteiger partial charge in [0.05, 0.1) is 37.6 Å². The van der Waals surface area contributed by atoms with Gasteiger partial charge in [0.1, 0.15) is 91.6 Å². The van der Waals surface area contributed by atoms with Crippen molar-refractivity contribution in [1.82, 2.24) is 0 Å². The van der Waals surface area contributed by atoms with Crippen LogP contribution in [0.5, 0.6) is 0 Å². The smallest absolute Gasteiger partial charge is 0.306 e. The zero-order valence-electron chi connectivity index (χ0n) is 49.3. The summed E-state index contributed by atoms with van der Waals surface area (Å²) >= 11 is 0. The molecule has 6 heterocycles. The first-order chi connectivity index (χ1) is 39.8. The number of aliphatic hydroxyl groups excluding tert-OH is 11. The Bertz CT molecular complexity index is 1840. The minimum atomic E-state index is -2.00. The zero-order valence-corrected chi connectivity index (χ0v) is 49.3. The Morgan fingerprint density at radius 1 is 0.458 bits per heavy atom. The van der Waals surface area contributed by atoms with Crippen LogP contribution >= 0.6 is 0 Å². The van der Waals surface area contributed by atoms with E-state index in [-0.39, 0.29) is 18.9 Å². The molecule has 6 saturated heterocycles. The van der Waals surface area contributed by atoms with Gasteiger partial charge in [-0.1, -0.05) is 123 Å². The summed E-state index contributed by atoms with van der Waals surface area (Å²) in [6.45, 7) is 7.14. The van der Waals surface area contributed by atoms with Crippen LogP contribution in [-0.2, 0) is 66.4 Å². The Labute approximate surface area is 488 Å². The first kappa shape index (κ1) is 70.2. The third-order valence-corrected chi connectivity index (χ3v) is 17.0. The summed E-state index contributed by atoms with van der Waals surface area (Å²) in [5.74, 6) is -1.52. The van der Waals surface area contributed by atoms with Gasteiger partial charge in [-0.3, -0.25) is 9.59 Å². The molecule has 6 aliphatic rings. The van der Waals surface area contributed by atoms with E-state index in [9.17, 15) is 65.8 Å². The number of rotatable bonds is 23. The number of hydrogen-bond acceptors (Lipinski definition) is 25. The van der Waals surface area contributed by atoms with Gasteiger partial charge in [0.25, 0.3) is 0 Å². The molecule has 0 saturated carbocycles. The van der Waals surface area contributed by atoms with Crippen molar-refractivity contribution < 1.29 is 123 Å². The Balaban J connectivity index is 1.34. The maximum atomic E-state index is 14.2. The van der Waals surface area contributed by atoms with Crippen LogP contribution in [0, 0.1) is 0 Å². The highest BCUT2D eigenvalue weighted by Crippen LogP contribution is 2.39. The Hall–Kier alpha value is -1.90. The number of esters is 2. The minimum Gasteiger partial charge on any atom is -0.454 e. The molecule has 83 heavy (non-hydrogen) atoms. The molecule has 6 fully saturated rings. The molecule has 6 rings (SSSR count). The lowest BCUT2D eigenvalue weighted by Crippen LogP contribution is -2.68. The fourth-order valence-electron chi connectivity index (χ4n) is 11.8. The largest absolute Gasteiger partial charge is 0.454 e. The summed E-state index contributed by atoms with van der Waals surface area (Å²) in [5, 5.41) is 122. The molecular weight excluding hydrogens is 1100 g/mol. The van der Waals surface area contributed by atoms with Crippen molar-refractivity contribution in [2.45, 2.75) is 342 Å². The monoisotopic (exact) mass is 1200 g/mol. The molecule has 0 aromatic rings. The van der Waals surface area contributed by atoms with Crippen LogP contribution in [0.15, 0.2) is 0 Å². The quantitative estimate of drug-likeness (QED) is 0.0512. The van der Waals surface area contributed by atoms with Gasteiger partial charge in [0.15, 0.2) is 43.7 Å². The lowest BCUT2D eigenvalue weighted by molar-refractivity contribution is -0.400. The standard InChI is InChI=1S/C58H102O25/c1-6-8-10-11-12-13-16-19-24-28-38(62)79-53-52(83-55-46(70)43(67)40(64)35(29-59)76-55)49(81-54-45(69)42(66)39(63)31(3)72-54)33(5)74-58(53)80-48-32(4)73-56-51(47(48)71)78-37(61)27-23-20-17-14-15-18-22-26-34(25-21-9-7-2)75-57-50(82-56)44(68)41(65)36(30-60)77-57/h31-36,39-60,63-71H,6-30H2,1-5H3. The predicted molar refractivity (Wildman–Crippen MR) is 290 cm³/mol. The molecule has 0 aliphatic carbocycles. The Morgan fingerprint density at radius 2 is 0.976 bits per heavy atom. The topological polar surface area (TPSA) is 367 Å². The van der Waals surface area contributed by atoms with E-state index in [4.69, 9.17) is 56.8 Å². The van der Waals surface area contributed by atoms with Gasteiger partial charge in [-0.25, -0.2) is 0 Å². The molecule has 26 unspecified atom stereocenters. The van der Waals surface area contributed by atoms with E-state index in [2.05, 4.69) is 13.8 Å². The number of fused-ring (bicyclic) bond motifs is 2. The Morgan fingerprint density at radius 3 is 1.64 bits per heavy atom. The molecule has 0 aromatic carbocycles. The molecule has 0 bridgehead atoms. The summed E-state index contributed by atoms with van der Waals surface area (Å²) in [6.07, 6.45) is -23.0. The van der Waals surface area contributed by atoms with Crippen molar-refractivity contribution in [3.63, 3.8) is 0 Å². The fraction of sp³-hybridized carbons (Fsp3) is 0.966. The molecule has 26 atom stereocenters. The second kappa shape index (κ2) is 35.3. The van der Waals surface area contributed by atoms with Gasteiger partial charge >= 0.3 is 11.9 Å². The highest BCUT2D eigenvalue weighted by molar-refractivity contribution is 5.70. The lowest BCUT2D eigenvalue weighted by atomic mass is 9.95. The van der Waals surface area contributed by atoms with Crippen LogP contribution in [0.2, 0.25) is 0 Å². The summed E-state index contributed by atoms with van der Waals surface area (Å²) in [6, 6.07) is 0. The number of aliphatic hydroxyl groups is 11. The van der Waals surface area contributed by atoms with Crippen LogP contribution in [0.25, 0.3) is 0 Å². The summed E-state index contributed by atoms with van der Waals surface area (Å²) < 4.78 is 75.4. The average Bonchev–Trinajstić information content (AvgIpc) is 3.61. The van der Waals surface area contributed by atoms with Crippen LogP contribution in [0.1, 0.15) is 182 Å². The molecule has 11 N–H and O–H groups in total. The number of carbonyl (C=O) groups excluding carboxylic acids is 2. The minimum absolute atomic E-state index is 0.0545. The second-order valence-electron chi connectivity index (χ2n) is 23.7. The third kappa shape index (κ3) is 19.5. The van der Waals surface area contributed by atoms with E-state index < -0.39 is 179 Å². The lowest BCUT2D eigenvalue weighted by Gasteiger charge is -2.51. The highest BCUT2D eigenvalue weighted by atomic mass is 16.8. The van der Waals surface area contributed by atoms with Gasteiger partial charge < -0.3 is 113 Å². The van der Waals surface area contributed by atoms with E-state index in [1.807, 2.05) is 0 Å². The van der Waals surface area contributed by atoms with Crippen molar-refractivity contribution >= 4 is 11.9 Å². The molecule has 0 spiro atoms. The molecule has 0 radical (unpaired) electrons. The SMILES string of the molecule is CCCCCCCCCCCC(=O)OC1C(OC2C(C)OC3OC4C(OC(CCCCC)CCCCCCCCCC(=O)OC3C2O)OC(CO)C(O)C4O)OC(C)C(OC2OC(C)C(O)C(O)C2O)C1OC1OC(CO)C(O)C(O)C1O. The van der Waals surface area contributed by atoms with Gasteiger partial charge in [-0.15, -0.1) is 0 Å². The van der Waals surface area contributed by atoms with Gasteiger partial charge in [-0.2, -0.15) is 0 Å². The maximum Gasteiger partial charge on any atom is 0.306 e. The van der Waals surface area contributed by atoms with E-state index in [0.717, 1.165) is 103 Å². The average molecular weight is 1200 g/mol. The van der Waals surface area contributed by atoms with Gasteiger partial charge in [-0.05, 0) is 46.5 Å².